The summed E-state index contributed by atoms with van der Waals surface area (Å²) in [6.07, 6.45) is -7.14. The molecule has 33 heavy (non-hydrogen) atoms. The molecule has 0 saturated carbocycles. The number of benzene rings is 1. The highest BCUT2D eigenvalue weighted by Gasteiger charge is 2.53. The van der Waals surface area contributed by atoms with E-state index in [2.05, 4.69) is 0 Å². The van der Waals surface area contributed by atoms with Gasteiger partial charge in [0, 0.05) is 0 Å². The third-order valence-corrected chi connectivity index (χ3v) is 5.54. The quantitative estimate of drug-likeness (QED) is 0.197. The lowest BCUT2D eigenvalue weighted by Crippen LogP contribution is -2.62. The summed E-state index contributed by atoms with van der Waals surface area (Å²) in [7, 11) is 1.41. The van der Waals surface area contributed by atoms with E-state index in [1.54, 1.807) is 24.3 Å². The van der Waals surface area contributed by atoms with Gasteiger partial charge in [0.2, 0.25) is 6.29 Å². The first-order valence-corrected chi connectivity index (χ1v) is 10.3. The smallest absolute Gasteiger partial charge is 0.229 e. The molecule has 186 valence electrons. The summed E-state index contributed by atoms with van der Waals surface area (Å²) in [5, 5.41) is 69.5. The summed E-state index contributed by atoms with van der Waals surface area (Å²) in [6.45, 7) is -1.99. The van der Waals surface area contributed by atoms with Gasteiger partial charge >= 0.3 is 0 Å². The van der Waals surface area contributed by atoms with Crippen LogP contribution in [0.5, 0.6) is 11.5 Å². The fourth-order valence-electron chi connectivity index (χ4n) is 3.57. The van der Waals surface area contributed by atoms with Gasteiger partial charge in [-0.15, -0.1) is 0 Å². The molecular formula is C21H30O12. The molecule has 0 spiro atoms. The molecule has 0 aromatic heterocycles. The third kappa shape index (κ3) is 5.46. The summed E-state index contributed by atoms with van der Waals surface area (Å²) in [5.74, 6) is 0.471. The molecule has 2 aliphatic rings. The van der Waals surface area contributed by atoms with Gasteiger partial charge in [0.1, 0.15) is 36.1 Å². The largest absolute Gasteiger partial charge is 0.493 e. The van der Waals surface area contributed by atoms with E-state index in [1.165, 1.54) is 13.2 Å². The van der Waals surface area contributed by atoms with Crippen LogP contribution in [0.2, 0.25) is 0 Å². The van der Waals surface area contributed by atoms with Crippen LogP contribution >= 0.6 is 0 Å². The number of ether oxygens (including phenoxy) is 5. The standard InChI is InChI=1S/C21H30O12/c1-29-13-7-11(3-2-6-22)4-5-12(13)31-19-16(26)17(15(25)14(8-23)32-19)33-20-18(27)21(28,9-24)10-30-20/h2-5,7,14-20,22-28H,6,8-10H2,1H3. The number of methoxy groups -OCH3 is 1. The average molecular weight is 474 g/mol. The van der Waals surface area contributed by atoms with E-state index in [0.29, 0.717) is 5.56 Å². The van der Waals surface area contributed by atoms with Crippen LogP contribution < -0.4 is 9.47 Å². The van der Waals surface area contributed by atoms with Gasteiger partial charge in [0.05, 0.1) is 33.5 Å². The molecule has 0 aliphatic carbocycles. The fraction of sp³-hybridized carbons (Fsp3) is 0.619. The zero-order valence-corrected chi connectivity index (χ0v) is 17.9. The van der Waals surface area contributed by atoms with Gasteiger partial charge < -0.3 is 59.4 Å². The van der Waals surface area contributed by atoms with E-state index in [4.69, 9.17) is 28.8 Å². The average Bonchev–Trinajstić information content (AvgIpc) is 3.11. The van der Waals surface area contributed by atoms with Crippen molar-refractivity contribution in [3.63, 3.8) is 0 Å². The molecule has 3 rings (SSSR count). The number of hydrogen-bond acceptors (Lipinski definition) is 12. The van der Waals surface area contributed by atoms with E-state index in [0.717, 1.165) is 0 Å². The van der Waals surface area contributed by atoms with Crippen LogP contribution in [-0.2, 0) is 14.2 Å². The van der Waals surface area contributed by atoms with E-state index in [-0.39, 0.29) is 18.1 Å². The van der Waals surface area contributed by atoms with Gasteiger partial charge in [-0.1, -0.05) is 18.2 Å². The van der Waals surface area contributed by atoms with Crippen molar-refractivity contribution in [3.05, 3.63) is 29.8 Å². The molecule has 8 unspecified atom stereocenters. The van der Waals surface area contributed by atoms with Crippen LogP contribution in [0.3, 0.4) is 0 Å². The summed E-state index contributed by atoms with van der Waals surface area (Å²) in [5.41, 5.74) is -1.25. The number of hydrogen-bond donors (Lipinski definition) is 7. The van der Waals surface area contributed by atoms with E-state index in [1.807, 2.05) is 0 Å². The Morgan fingerprint density at radius 3 is 2.45 bits per heavy atom. The summed E-state index contributed by atoms with van der Waals surface area (Å²) in [4.78, 5) is 0. The van der Waals surface area contributed by atoms with Gasteiger partial charge in [-0.05, 0) is 17.7 Å². The zero-order valence-electron chi connectivity index (χ0n) is 17.9. The Morgan fingerprint density at radius 1 is 1.09 bits per heavy atom. The number of rotatable bonds is 9. The van der Waals surface area contributed by atoms with Crippen LogP contribution in [0.25, 0.3) is 6.08 Å². The molecule has 8 atom stereocenters. The van der Waals surface area contributed by atoms with Crippen LogP contribution in [0.15, 0.2) is 24.3 Å². The molecule has 2 heterocycles. The van der Waals surface area contributed by atoms with Crippen molar-refractivity contribution in [2.45, 2.75) is 48.7 Å². The first-order chi connectivity index (χ1) is 15.8. The van der Waals surface area contributed by atoms with Crippen molar-refractivity contribution in [2.75, 3.05) is 33.5 Å². The van der Waals surface area contributed by atoms with Crippen molar-refractivity contribution < 1.29 is 59.4 Å². The van der Waals surface area contributed by atoms with E-state index < -0.39 is 68.5 Å². The topological polar surface area (TPSA) is 188 Å². The second kappa shape index (κ2) is 11.1. The van der Waals surface area contributed by atoms with Gasteiger partial charge in [-0.3, -0.25) is 0 Å². The molecule has 0 radical (unpaired) electrons. The second-order valence-electron chi connectivity index (χ2n) is 7.81. The lowest BCUT2D eigenvalue weighted by molar-refractivity contribution is -0.313. The monoisotopic (exact) mass is 474 g/mol. The van der Waals surface area contributed by atoms with Crippen LogP contribution in [-0.4, -0.2) is 118 Å². The van der Waals surface area contributed by atoms with Crippen LogP contribution in [0.4, 0.5) is 0 Å². The molecule has 12 heteroatoms. The molecule has 1 aromatic carbocycles. The number of aliphatic hydroxyl groups is 7. The first kappa shape index (κ1) is 25.8. The molecule has 2 fully saturated rings. The van der Waals surface area contributed by atoms with Gasteiger partial charge in [0.25, 0.3) is 0 Å². The van der Waals surface area contributed by atoms with Crippen molar-refractivity contribution in [1.82, 2.24) is 0 Å². The Balaban J connectivity index is 1.78. The van der Waals surface area contributed by atoms with Gasteiger partial charge in [-0.2, -0.15) is 0 Å². The molecule has 2 saturated heterocycles. The Morgan fingerprint density at radius 2 is 1.85 bits per heavy atom. The predicted molar refractivity (Wildman–Crippen MR) is 110 cm³/mol. The second-order valence-corrected chi connectivity index (χ2v) is 7.81. The molecule has 0 bridgehead atoms. The lowest BCUT2D eigenvalue weighted by atomic mass is 9.98. The highest BCUT2D eigenvalue weighted by atomic mass is 16.7. The maximum Gasteiger partial charge on any atom is 0.229 e. The molecule has 2 aliphatic heterocycles. The van der Waals surface area contributed by atoms with E-state index >= 15 is 0 Å². The minimum atomic E-state index is -1.96. The van der Waals surface area contributed by atoms with Gasteiger partial charge in [-0.25, -0.2) is 0 Å². The maximum absolute atomic E-state index is 10.8. The van der Waals surface area contributed by atoms with Crippen molar-refractivity contribution in [3.8, 4) is 11.5 Å². The van der Waals surface area contributed by atoms with E-state index in [9.17, 15) is 30.6 Å². The third-order valence-electron chi connectivity index (χ3n) is 5.54. The Labute approximate surface area is 189 Å². The number of aliphatic hydroxyl groups excluding tert-OH is 6. The van der Waals surface area contributed by atoms with Crippen molar-refractivity contribution in [1.29, 1.82) is 0 Å². The zero-order chi connectivity index (χ0) is 24.2. The molecule has 1 aromatic rings. The molecule has 0 amide bonds. The minimum Gasteiger partial charge on any atom is -0.493 e. The first-order valence-electron chi connectivity index (χ1n) is 10.3. The SMILES string of the molecule is COc1cc(C=CCO)ccc1OC1OC(CO)C(O)C(OC2OCC(O)(CO)C2O)C1O. The highest BCUT2D eigenvalue weighted by Crippen LogP contribution is 2.34. The Hall–Kier alpha value is -1.84. The van der Waals surface area contributed by atoms with Crippen molar-refractivity contribution >= 4 is 6.08 Å². The summed E-state index contributed by atoms with van der Waals surface area (Å²) >= 11 is 0. The summed E-state index contributed by atoms with van der Waals surface area (Å²) < 4.78 is 27.3. The molecular weight excluding hydrogens is 444 g/mol. The molecule has 12 nitrogen and oxygen atoms in total. The maximum atomic E-state index is 10.8. The minimum absolute atomic E-state index is 0.135. The van der Waals surface area contributed by atoms with Gasteiger partial charge in [0.15, 0.2) is 17.8 Å². The van der Waals surface area contributed by atoms with Crippen LogP contribution in [0, 0.1) is 0 Å². The predicted octanol–water partition coefficient (Wildman–Crippen LogP) is -2.66. The Kier molecular flexibility index (Phi) is 8.64. The summed E-state index contributed by atoms with van der Waals surface area (Å²) in [6, 6.07) is 4.84. The lowest BCUT2D eigenvalue weighted by Gasteiger charge is -2.42. The normalized spacial score (nSPS) is 36.9. The fourth-order valence-corrected chi connectivity index (χ4v) is 3.57. The van der Waals surface area contributed by atoms with Crippen molar-refractivity contribution in [2.24, 2.45) is 0 Å². The molecule has 7 N–H and O–H groups in total. The Bertz CT molecular complexity index is 803. The highest BCUT2D eigenvalue weighted by molar-refractivity contribution is 5.56. The van der Waals surface area contributed by atoms with Crippen LogP contribution in [0.1, 0.15) is 5.56 Å².